The van der Waals surface area contributed by atoms with Crippen LogP contribution in [0.5, 0.6) is 11.5 Å². The molecule has 19 heavy (non-hydrogen) atoms. The first-order chi connectivity index (χ1) is 9.07. The van der Waals surface area contributed by atoms with E-state index in [1.165, 1.54) is 14.2 Å². The van der Waals surface area contributed by atoms with Crippen molar-refractivity contribution in [3.8, 4) is 11.5 Å². The molecule has 1 unspecified atom stereocenters. The third-order valence-corrected chi connectivity index (χ3v) is 2.96. The molecule has 1 atom stereocenters. The average molecular weight is 269 g/mol. The highest BCUT2D eigenvalue weighted by atomic mass is 16.6. The van der Waals surface area contributed by atoms with Gasteiger partial charge in [-0.25, -0.2) is 0 Å². The van der Waals surface area contributed by atoms with Gasteiger partial charge in [0.15, 0.2) is 6.10 Å². The Labute approximate surface area is 112 Å². The average Bonchev–Trinajstić information content (AvgIpc) is 2.42. The van der Waals surface area contributed by atoms with E-state index in [0.717, 1.165) is 12.0 Å². The molecule has 6 nitrogen and oxygen atoms in total. The van der Waals surface area contributed by atoms with Gasteiger partial charge in [-0.2, -0.15) is 0 Å². The van der Waals surface area contributed by atoms with Gasteiger partial charge in [0, 0.05) is 17.6 Å². The molecule has 0 aliphatic heterocycles. The van der Waals surface area contributed by atoms with Gasteiger partial charge in [-0.1, -0.05) is 6.92 Å². The van der Waals surface area contributed by atoms with Crippen LogP contribution in [-0.4, -0.2) is 32.8 Å². The molecule has 0 aliphatic rings. The minimum atomic E-state index is -0.662. The fourth-order valence-corrected chi connectivity index (χ4v) is 1.95. The van der Waals surface area contributed by atoms with E-state index in [4.69, 9.17) is 14.2 Å². The van der Waals surface area contributed by atoms with Crippen LogP contribution in [0.15, 0.2) is 12.1 Å². The predicted octanol–water partition coefficient (Wildman–Crippen LogP) is 2.23. The molecule has 1 aromatic carbocycles. The van der Waals surface area contributed by atoms with E-state index in [1.54, 1.807) is 13.2 Å². The number of rotatable bonds is 7. The molecule has 0 fully saturated rings. The van der Waals surface area contributed by atoms with Gasteiger partial charge in [0.05, 0.1) is 14.2 Å². The molecule has 0 saturated heterocycles. The van der Waals surface area contributed by atoms with E-state index in [9.17, 15) is 10.1 Å². The van der Waals surface area contributed by atoms with E-state index < -0.39 is 11.0 Å². The molecule has 0 aliphatic carbocycles. The minimum absolute atomic E-state index is 0.318. The standard InChI is InChI=1S/C13H19NO5/c1-5-9-6-12(18-3)10(7-11(9)17-2)13(19-4)8-14(15)16/h6-7,13H,5,8H2,1-4H3. The largest absolute Gasteiger partial charge is 0.496 e. The van der Waals surface area contributed by atoms with Crippen molar-refractivity contribution < 1.29 is 19.1 Å². The molecule has 0 amide bonds. The fourth-order valence-electron chi connectivity index (χ4n) is 1.95. The first-order valence-electron chi connectivity index (χ1n) is 5.96. The normalized spacial score (nSPS) is 12.0. The number of aryl methyl sites for hydroxylation is 1. The van der Waals surface area contributed by atoms with E-state index in [2.05, 4.69) is 0 Å². The van der Waals surface area contributed by atoms with Gasteiger partial charge >= 0.3 is 0 Å². The lowest BCUT2D eigenvalue weighted by Gasteiger charge is -2.18. The van der Waals surface area contributed by atoms with Crippen LogP contribution < -0.4 is 9.47 Å². The number of hydrogen-bond donors (Lipinski definition) is 0. The van der Waals surface area contributed by atoms with Gasteiger partial charge in [-0.3, -0.25) is 10.1 Å². The number of nitrogens with zero attached hydrogens (tertiary/aromatic N) is 1. The third-order valence-electron chi connectivity index (χ3n) is 2.96. The molecular formula is C13H19NO5. The van der Waals surface area contributed by atoms with Gasteiger partial charge in [-0.15, -0.1) is 0 Å². The molecule has 0 radical (unpaired) electrons. The molecule has 1 aromatic rings. The summed E-state index contributed by atoms with van der Waals surface area (Å²) in [7, 11) is 4.54. The molecular weight excluding hydrogens is 250 g/mol. The number of nitro groups is 1. The van der Waals surface area contributed by atoms with Crippen molar-refractivity contribution in [2.45, 2.75) is 19.4 Å². The molecule has 0 aromatic heterocycles. The summed E-state index contributed by atoms with van der Waals surface area (Å²) in [5.74, 6) is 1.26. The van der Waals surface area contributed by atoms with E-state index in [-0.39, 0.29) is 6.54 Å². The zero-order valence-corrected chi connectivity index (χ0v) is 11.6. The molecule has 0 heterocycles. The number of methoxy groups -OCH3 is 3. The predicted molar refractivity (Wildman–Crippen MR) is 70.5 cm³/mol. The van der Waals surface area contributed by atoms with Gasteiger partial charge < -0.3 is 14.2 Å². The second-order valence-electron chi connectivity index (χ2n) is 4.00. The van der Waals surface area contributed by atoms with Crippen LogP contribution in [0.4, 0.5) is 0 Å². The van der Waals surface area contributed by atoms with Crippen LogP contribution in [0.3, 0.4) is 0 Å². The van der Waals surface area contributed by atoms with Crippen molar-refractivity contribution in [1.82, 2.24) is 0 Å². The summed E-state index contributed by atoms with van der Waals surface area (Å²) >= 11 is 0. The Hall–Kier alpha value is -1.82. The van der Waals surface area contributed by atoms with Crippen molar-refractivity contribution in [2.24, 2.45) is 0 Å². The lowest BCUT2D eigenvalue weighted by atomic mass is 10.0. The maximum Gasteiger partial charge on any atom is 0.233 e. The molecule has 0 spiro atoms. The molecule has 0 bridgehead atoms. The van der Waals surface area contributed by atoms with Crippen molar-refractivity contribution >= 4 is 0 Å². The Morgan fingerprint density at radius 3 is 2.26 bits per heavy atom. The van der Waals surface area contributed by atoms with Crippen LogP contribution in [0, 0.1) is 10.1 Å². The van der Waals surface area contributed by atoms with Crippen LogP contribution in [0.1, 0.15) is 24.2 Å². The van der Waals surface area contributed by atoms with Crippen molar-refractivity contribution in [3.05, 3.63) is 33.4 Å². The summed E-state index contributed by atoms with van der Waals surface area (Å²) in [6.45, 7) is 1.68. The maximum atomic E-state index is 10.7. The van der Waals surface area contributed by atoms with Crippen LogP contribution in [-0.2, 0) is 11.2 Å². The summed E-state index contributed by atoms with van der Waals surface area (Å²) < 4.78 is 15.8. The van der Waals surface area contributed by atoms with Crippen LogP contribution in [0.2, 0.25) is 0 Å². The number of benzene rings is 1. The quantitative estimate of drug-likeness (QED) is 0.560. The lowest BCUT2D eigenvalue weighted by Crippen LogP contribution is -2.15. The highest BCUT2D eigenvalue weighted by Crippen LogP contribution is 2.34. The zero-order chi connectivity index (χ0) is 14.4. The second kappa shape index (κ2) is 6.94. The SMILES string of the molecule is CCc1cc(OC)c(C(C[N+](=O)[O-])OC)cc1OC. The summed E-state index contributed by atoms with van der Waals surface area (Å²) in [6, 6.07) is 3.58. The third kappa shape index (κ3) is 3.57. The first-order valence-corrected chi connectivity index (χ1v) is 5.96. The second-order valence-corrected chi connectivity index (χ2v) is 4.00. The van der Waals surface area contributed by atoms with Gasteiger partial charge in [-0.05, 0) is 24.1 Å². The summed E-state index contributed by atoms with van der Waals surface area (Å²) in [6.07, 6.45) is 0.122. The topological polar surface area (TPSA) is 70.8 Å². The Balaban J connectivity index is 3.26. The molecule has 0 N–H and O–H groups in total. The Kier molecular flexibility index (Phi) is 5.57. The highest BCUT2D eigenvalue weighted by molar-refractivity contribution is 5.47. The van der Waals surface area contributed by atoms with Crippen molar-refractivity contribution in [2.75, 3.05) is 27.9 Å². The smallest absolute Gasteiger partial charge is 0.233 e. The summed E-state index contributed by atoms with van der Waals surface area (Å²) in [4.78, 5) is 10.3. The van der Waals surface area contributed by atoms with E-state index in [1.807, 2.05) is 13.0 Å². The van der Waals surface area contributed by atoms with Crippen LogP contribution in [0.25, 0.3) is 0 Å². The first kappa shape index (κ1) is 15.2. The Bertz CT molecular complexity index is 447. The summed E-state index contributed by atoms with van der Waals surface area (Å²) in [5.41, 5.74) is 1.61. The molecule has 1 rings (SSSR count). The maximum absolute atomic E-state index is 10.7. The minimum Gasteiger partial charge on any atom is -0.496 e. The lowest BCUT2D eigenvalue weighted by molar-refractivity contribution is -0.492. The monoisotopic (exact) mass is 269 g/mol. The van der Waals surface area contributed by atoms with Gasteiger partial charge in [0.1, 0.15) is 11.5 Å². The zero-order valence-electron chi connectivity index (χ0n) is 11.6. The Morgan fingerprint density at radius 1 is 1.21 bits per heavy atom. The highest BCUT2D eigenvalue weighted by Gasteiger charge is 2.23. The molecule has 106 valence electrons. The molecule has 6 heteroatoms. The summed E-state index contributed by atoms with van der Waals surface area (Å²) in [5, 5.41) is 10.7. The number of ether oxygens (including phenoxy) is 3. The van der Waals surface area contributed by atoms with Gasteiger partial charge in [0.25, 0.3) is 0 Å². The van der Waals surface area contributed by atoms with Crippen molar-refractivity contribution in [1.29, 1.82) is 0 Å². The van der Waals surface area contributed by atoms with E-state index in [0.29, 0.717) is 17.1 Å². The van der Waals surface area contributed by atoms with Crippen LogP contribution >= 0.6 is 0 Å². The molecule has 0 saturated carbocycles. The Morgan fingerprint density at radius 2 is 1.84 bits per heavy atom. The van der Waals surface area contributed by atoms with E-state index >= 15 is 0 Å². The number of hydrogen-bond acceptors (Lipinski definition) is 5. The van der Waals surface area contributed by atoms with Gasteiger partial charge in [0.2, 0.25) is 6.54 Å². The van der Waals surface area contributed by atoms with Crippen molar-refractivity contribution in [3.63, 3.8) is 0 Å². The fraction of sp³-hybridized carbons (Fsp3) is 0.538.